The number of benzene rings is 1. The highest BCUT2D eigenvalue weighted by Gasteiger charge is 2.16. The van der Waals surface area contributed by atoms with Gasteiger partial charge in [-0.25, -0.2) is 4.98 Å². The van der Waals surface area contributed by atoms with Gasteiger partial charge in [0.05, 0.1) is 5.69 Å². The number of hydrogen-bond donors (Lipinski definition) is 2. The van der Waals surface area contributed by atoms with Gasteiger partial charge in [-0.3, -0.25) is 14.9 Å². The molecule has 0 aliphatic carbocycles. The van der Waals surface area contributed by atoms with E-state index < -0.39 is 11.5 Å². The van der Waals surface area contributed by atoms with Crippen LogP contribution in [0, 0.1) is 6.92 Å². The molecule has 26 heavy (non-hydrogen) atoms. The quantitative estimate of drug-likeness (QED) is 0.740. The Morgan fingerprint density at radius 3 is 2.81 bits per heavy atom. The molecule has 132 valence electrons. The predicted molar refractivity (Wildman–Crippen MR) is 98.3 cm³/mol. The van der Waals surface area contributed by atoms with Crippen LogP contribution in [0.1, 0.15) is 16.1 Å². The number of amides is 1. The molecule has 0 saturated heterocycles. The standard InChI is InChI=1S/C18H15N3O4S/c1-10-2-4-12(16(22)19-10)17(23)21-18-20-13(9-26-18)11-3-5-14-15(8-11)25-7-6-24-14/h2-5,8-9H,6-7H2,1H3,(H,19,22)(H,20,21,23). The number of carbonyl (C=O) groups excluding carboxylic acids is 1. The van der Waals surface area contributed by atoms with E-state index in [2.05, 4.69) is 15.3 Å². The van der Waals surface area contributed by atoms with E-state index in [1.165, 1.54) is 17.4 Å². The fourth-order valence-electron chi connectivity index (χ4n) is 2.58. The maximum atomic E-state index is 12.3. The van der Waals surface area contributed by atoms with Crippen LogP contribution in [0.3, 0.4) is 0 Å². The second-order valence-corrected chi connectivity index (χ2v) is 6.59. The van der Waals surface area contributed by atoms with E-state index in [0.29, 0.717) is 41.2 Å². The summed E-state index contributed by atoms with van der Waals surface area (Å²) in [7, 11) is 0. The normalized spacial score (nSPS) is 12.7. The Labute approximate surface area is 152 Å². The van der Waals surface area contributed by atoms with E-state index in [1.807, 2.05) is 23.6 Å². The minimum absolute atomic E-state index is 0.0479. The molecule has 8 heteroatoms. The second-order valence-electron chi connectivity index (χ2n) is 5.73. The van der Waals surface area contributed by atoms with Crippen molar-refractivity contribution in [2.75, 3.05) is 18.5 Å². The number of hydrogen-bond acceptors (Lipinski definition) is 6. The van der Waals surface area contributed by atoms with E-state index >= 15 is 0 Å². The van der Waals surface area contributed by atoms with Gasteiger partial charge in [-0.05, 0) is 37.3 Å². The Balaban J connectivity index is 1.55. The van der Waals surface area contributed by atoms with Crippen LogP contribution < -0.4 is 20.3 Å². The number of aromatic nitrogens is 2. The molecule has 0 atom stereocenters. The maximum Gasteiger partial charge on any atom is 0.263 e. The van der Waals surface area contributed by atoms with Gasteiger partial charge in [0.2, 0.25) is 0 Å². The van der Waals surface area contributed by atoms with Gasteiger partial charge in [0, 0.05) is 16.6 Å². The number of ether oxygens (including phenoxy) is 2. The first-order chi connectivity index (χ1) is 12.6. The van der Waals surface area contributed by atoms with Crippen LogP contribution in [0.4, 0.5) is 5.13 Å². The SMILES string of the molecule is Cc1ccc(C(=O)Nc2nc(-c3ccc4c(c3)OCCO4)cs2)c(=O)[nH]1. The Morgan fingerprint density at radius 1 is 1.19 bits per heavy atom. The highest BCUT2D eigenvalue weighted by molar-refractivity contribution is 7.14. The summed E-state index contributed by atoms with van der Waals surface area (Å²) in [6.07, 6.45) is 0. The van der Waals surface area contributed by atoms with Gasteiger partial charge in [-0.15, -0.1) is 11.3 Å². The van der Waals surface area contributed by atoms with Crippen molar-refractivity contribution in [1.82, 2.24) is 9.97 Å². The van der Waals surface area contributed by atoms with Crippen LogP contribution in [0.15, 0.2) is 40.5 Å². The fourth-order valence-corrected chi connectivity index (χ4v) is 3.30. The molecule has 2 N–H and O–H groups in total. The zero-order valence-corrected chi connectivity index (χ0v) is 14.7. The monoisotopic (exact) mass is 369 g/mol. The van der Waals surface area contributed by atoms with E-state index in [9.17, 15) is 9.59 Å². The summed E-state index contributed by atoms with van der Waals surface area (Å²) in [5.41, 5.74) is 1.89. The smallest absolute Gasteiger partial charge is 0.263 e. The highest BCUT2D eigenvalue weighted by Crippen LogP contribution is 2.35. The number of aryl methyl sites for hydroxylation is 1. The number of pyridine rings is 1. The van der Waals surface area contributed by atoms with Crippen LogP contribution in [0.2, 0.25) is 0 Å². The lowest BCUT2D eigenvalue weighted by atomic mass is 10.1. The van der Waals surface area contributed by atoms with Crippen LogP contribution in [0.5, 0.6) is 11.5 Å². The third kappa shape index (κ3) is 3.18. The molecule has 7 nitrogen and oxygen atoms in total. The Bertz CT molecular complexity index is 1040. The molecule has 0 unspecified atom stereocenters. The molecular formula is C18H15N3O4S. The highest BCUT2D eigenvalue weighted by atomic mass is 32.1. The molecule has 0 fully saturated rings. The lowest BCUT2D eigenvalue weighted by molar-refractivity contribution is 0.102. The number of carbonyl (C=O) groups is 1. The number of H-pyrrole nitrogens is 1. The van der Waals surface area contributed by atoms with Crippen molar-refractivity contribution in [2.45, 2.75) is 6.92 Å². The zero-order chi connectivity index (χ0) is 18.1. The molecule has 4 rings (SSSR count). The van der Waals surface area contributed by atoms with Crippen molar-refractivity contribution in [2.24, 2.45) is 0 Å². The van der Waals surface area contributed by atoms with Gasteiger partial charge < -0.3 is 14.5 Å². The average Bonchev–Trinajstić information content (AvgIpc) is 3.09. The molecule has 0 spiro atoms. The Kier molecular flexibility index (Phi) is 4.18. The minimum Gasteiger partial charge on any atom is -0.486 e. The number of thiazole rings is 1. The number of rotatable bonds is 3. The molecule has 1 aromatic carbocycles. The molecule has 2 aromatic heterocycles. The lowest BCUT2D eigenvalue weighted by Crippen LogP contribution is -2.23. The van der Waals surface area contributed by atoms with Gasteiger partial charge in [-0.1, -0.05) is 0 Å². The van der Waals surface area contributed by atoms with Crippen molar-refractivity contribution >= 4 is 22.4 Å². The van der Waals surface area contributed by atoms with E-state index in [0.717, 1.165) is 5.56 Å². The first kappa shape index (κ1) is 16.3. The fraction of sp³-hybridized carbons (Fsp3) is 0.167. The molecule has 0 radical (unpaired) electrons. The molecule has 3 heterocycles. The topological polar surface area (TPSA) is 93.3 Å². The molecule has 1 aliphatic rings. The van der Waals surface area contributed by atoms with Crippen LogP contribution in [0.25, 0.3) is 11.3 Å². The number of nitrogens with one attached hydrogen (secondary N) is 2. The molecule has 0 bridgehead atoms. The van der Waals surface area contributed by atoms with Gasteiger partial charge in [0.1, 0.15) is 18.8 Å². The number of aromatic amines is 1. The maximum absolute atomic E-state index is 12.3. The Morgan fingerprint density at radius 2 is 2.00 bits per heavy atom. The summed E-state index contributed by atoms with van der Waals surface area (Å²) >= 11 is 1.29. The summed E-state index contributed by atoms with van der Waals surface area (Å²) in [5, 5.41) is 4.91. The van der Waals surface area contributed by atoms with Crippen molar-refractivity contribution in [3.05, 3.63) is 57.3 Å². The molecule has 0 saturated carbocycles. The average molecular weight is 369 g/mol. The third-order valence-corrected chi connectivity index (χ3v) is 4.62. The van der Waals surface area contributed by atoms with Crippen LogP contribution in [-0.2, 0) is 0 Å². The second kappa shape index (κ2) is 6.64. The Hall–Kier alpha value is -3.13. The summed E-state index contributed by atoms with van der Waals surface area (Å²) in [4.78, 5) is 31.2. The van der Waals surface area contributed by atoms with E-state index in [1.54, 1.807) is 13.0 Å². The molecule has 1 aliphatic heterocycles. The van der Waals surface area contributed by atoms with Crippen LogP contribution in [-0.4, -0.2) is 29.1 Å². The molecule has 3 aromatic rings. The summed E-state index contributed by atoms with van der Waals surface area (Å²) in [6.45, 7) is 2.81. The zero-order valence-electron chi connectivity index (χ0n) is 13.9. The van der Waals surface area contributed by atoms with Crippen molar-refractivity contribution < 1.29 is 14.3 Å². The van der Waals surface area contributed by atoms with Crippen LogP contribution >= 0.6 is 11.3 Å². The first-order valence-electron chi connectivity index (χ1n) is 7.97. The van der Waals surface area contributed by atoms with E-state index in [4.69, 9.17) is 9.47 Å². The largest absolute Gasteiger partial charge is 0.486 e. The summed E-state index contributed by atoms with van der Waals surface area (Å²) in [6, 6.07) is 8.77. The van der Waals surface area contributed by atoms with Gasteiger partial charge >= 0.3 is 0 Å². The summed E-state index contributed by atoms with van der Waals surface area (Å²) < 4.78 is 11.1. The van der Waals surface area contributed by atoms with Gasteiger partial charge in [0.25, 0.3) is 11.5 Å². The first-order valence-corrected chi connectivity index (χ1v) is 8.85. The minimum atomic E-state index is -0.491. The van der Waals surface area contributed by atoms with Crippen molar-refractivity contribution in [3.63, 3.8) is 0 Å². The van der Waals surface area contributed by atoms with Crippen molar-refractivity contribution in [3.8, 4) is 22.8 Å². The number of anilines is 1. The molecular weight excluding hydrogens is 354 g/mol. The van der Waals surface area contributed by atoms with Gasteiger partial charge in [-0.2, -0.15) is 0 Å². The van der Waals surface area contributed by atoms with Gasteiger partial charge in [0.15, 0.2) is 16.6 Å². The number of nitrogens with zero attached hydrogens (tertiary/aromatic N) is 1. The third-order valence-electron chi connectivity index (χ3n) is 3.86. The van der Waals surface area contributed by atoms with E-state index in [-0.39, 0.29) is 5.56 Å². The number of fused-ring (bicyclic) bond motifs is 1. The predicted octanol–water partition coefficient (Wildman–Crippen LogP) is 2.83. The summed E-state index contributed by atoms with van der Waals surface area (Å²) in [5.74, 6) is 0.898. The van der Waals surface area contributed by atoms with Crippen molar-refractivity contribution in [1.29, 1.82) is 0 Å². The molecule has 1 amide bonds. The lowest BCUT2D eigenvalue weighted by Gasteiger charge is -2.18.